The van der Waals surface area contributed by atoms with Crippen LogP contribution in [-0.2, 0) is 18.0 Å². The van der Waals surface area contributed by atoms with Gasteiger partial charge in [-0.05, 0) is 26.4 Å². The van der Waals surface area contributed by atoms with Gasteiger partial charge in [-0.25, -0.2) is 4.98 Å². The first-order valence-electron chi connectivity index (χ1n) is 6.65. The molecule has 2 heterocycles. The van der Waals surface area contributed by atoms with E-state index < -0.39 is 0 Å². The lowest BCUT2D eigenvalue weighted by Gasteiger charge is -2.25. The fourth-order valence-electron chi connectivity index (χ4n) is 2.51. The minimum absolute atomic E-state index is 0.0352. The summed E-state index contributed by atoms with van der Waals surface area (Å²) in [6.45, 7) is 2.67. The minimum Gasteiger partial charge on any atom is -0.391 e. The Labute approximate surface area is 118 Å². The number of rotatable bonds is 6. The molecule has 1 aromatic rings. The van der Waals surface area contributed by atoms with Crippen molar-refractivity contribution in [2.24, 2.45) is 0 Å². The van der Waals surface area contributed by atoms with Crippen molar-refractivity contribution in [3.05, 3.63) is 10.6 Å². The number of ether oxygens (including phenoxy) is 1. The largest absolute Gasteiger partial charge is 0.391 e. The SMILES string of the molecule is COCc1nc(N(C)CC2CCCN2C)sc1CO. The number of nitrogens with zero attached hydrogens (tertiary/aromatic N) is 3. The summed E-state index contributed by atoms with van der Waals surface area (Å²) in [5.41, 5.74) is 0.858. The van der Waals surface area contributed by atoms with Crippen molar-refractivity contribution < 1.29 is 9.84 Å². The normalized spacial score (nSPS) is 20.1. The lowest BCUT2D eigenvalue weighted by atomic mass is 10.2. The van der Waals surface area contributed by atoms with E-state index >= 15 is 0 Å². The molecule has 0 aliphatic carbocycles. The number of aliphatic hydroxyl groups is 1. The number of aromatic nitrogens is 1. The van der Waals surface area contributed by atoms with E-state index in [1.54, 1.807) is 18.4 Å². The summed E-state index contributed by atoms with van der Waals surface area (Å²) < 4.78 is 5.12. The molecule has 1 N–H and O–H groups in total. The molecule has 0 spiro atoms. The number of thiazole rings is 1. The summed E-state index contributed by atoms with van der Waals surface area (Å²) in [6.07, 6.45) is 2.54. The quantitative estimate of drug-likeness (QED) is 0.854. The fraction of sp³-hybridized carbons (Fsp3) is 0.769. The van der Waals surface area contributed by atoms with E-state index in [-0.39, 0.29) is 6.61 Å². The number of likely N-dealkylation sites (tertiary alicyclic amines) is 1. The number of likely N-dealkylation sites (N-methyl/N-ethyl adjacent to an activating group) is 2. The minimum atomic E-state index is 0.0352. The van der Waals surface area contributed by atoms with Crippen LogP contribution >= 0.6 is 11.3 Å². The monoisotopic (exact) mass is 285 g/mol. The van der Waals surface area contributed by atoms with Gasteiger partial charge in [-0.15, -0.1) is 0 Å². The van der Waals surface area contributed by atoms with Gasteiger partial charge in [0, 0.05) is 26.7 Å². The summed E-state index contributed by atoms with van der Waals surface area (Å²) >= 11 is 1.56. The van der Waals surface area contributed by atoms with Crippen molar-refractivity contribution in [2.45, 2.75) is 32.1 Å². The summed E-state index contributed by atoms with van der Waals surface area (Å²) in [7, 11) is 5.91. The maximum Gasteiger partial charge on any atom is 0.185 e. The van der Waals surface area contributed by atoms with E-state index in [1.807, 2.05) is 0 Å². The standard InChI is InChI=1S/C13H23N3O2S/c1-15-6-4-5-10(15)7-16(2)13-14-11(9-18-3)12(8-17)19-13/h10,17H,4-9H2,1-3H3. The summed E-state index contributed by atoms with van der Waals surface area (Å²) in [5, 5.41) is 10.3. The number of aliphatic hydroxyl groups excluding tert-OH is 1. The molecule has 108 valence electrons. The predicted molar refractivity (Wildman–Crippen MR) is 77.7 cm³/mol. The highest BCUT2D eigenvalue weighted by Gasteiger charge is 2.23. The zero-order chi connectivity index (χ0) is 13.8. The lowest BCUT2D eigenvalue weighted by Crippen LogP contribution is -2.36. The molecule has 0 amide bonds. The summed E-state index contributed by atoms with van der Waals surface area (Å²) in [6, 6.07) is 0.609. The molecule has 0 aromatic carbocycles. The van der Waals surface area contributed by atoms with Gasteiger partial charge in [0.25, 0.3) is 0 Å². The molecule has 1 atom stereocenters. The maximum atomic E-state index is 9.35. The highest BCUT2D eigenvalue weighted by atomic mass is 32.1. The molecule has 0 radical (unpaired) electrons. The molecular weight excluding hydrogens is 262 g/mol. The van der Waals surface area contributed by atoms with Crippen molar-refractivity contribution in [1.29, 1.82) is 0 Å². The van der Waals surface area contributed by atoms with Crippen LogP contribution < -0.4 is 4.90 Å². The zero-order valence-electron chi connectivity index (χ0n) is 11.9. The second kappa shape index (κ2) is 6.65. The average Bonchev–Trinajstić information content (AvgIpc) is 2.97. The molecule has 5 nitrogen and oxygen atoms in total. The number of methoxy groups -OCH3 is 1. The van der Waals surface area contributed by atoms with Gasteiger partial charge in [0.15, 0.2) is 5.13 Å². The van der Waals surface area contributed by atoms with Gasteiger partial charge in [-0.3, -0.25) is 0 Å². The van der Waals surface area contributed by atoms with Gasteiger partial charge >= 0.3 is 0 Å². The highest BCUT2D eigenvalue weighted by molar-refractivity contribution is 7.15. The van der Waals surface area contributed by atoms with E-state index in [0.717, 1.165) is 22.2 Å². The molecule has 1 fully saturated rings. The Morgan fingerprint density at radius 2 is 2.37 bits per heavy atom. The Bertz CT molecular complexity index is 411. The van der Waals surface area contributed by atoms with Crippen molar-refractivity contribution in [2.75, 3.05) is 39.2 Å². The molecule has 0 saturated carbocycles. The smallest absolute Gasteiger partial charge is 0.185 e. The average molecular weight is 285 g/mol. The maximum absolute atomic E-state index is 9.35. The topological polar surface area (TPSA) is 48.8 Å². The first kappa shape index (κ1) is 14.7. The Balaban J connectivity index is 2.03. The van der Waals surface area contributed by atoms with E-state index in [2.05, 4.69) is 28.9 Å². The van der Waals surface area contributed by atoms with Crippen LogP contribution in [0.3, 0.4) is 0 Å². The lowest BCUT2D eigenvalue weighted by molar-refractivity contribution is 0.179. The second-order valence-electron chi connectivity index (χ2n) is 5.11. The first-order chi connectivity index (χ1) is 9.15. The number of hydrogen-bond donors (Lipinski definition) is 1. The first-order valence-corrected chi connectivity index (χ1v) is 7.47. The molecular formula is C13H23N3O2S. The molecule has 1 aromatic heterocycles. The molecule has 2 rings (SSSR count). The van der Waals surface area contributed by atoms with Gasteiger partial charge in [0.1, 0.15) is 0 Å². The third-order valence-electron chi connectivity index (χ3n) is 3.67. The van der Waals surface area contributed by atoms with Crippen LogP contribution in [0.4, 0.5) is 5.13 Å². The third-order valence-corrected chi connectivity index (χ3v) is 4.87. The van der Waals surface area contributed by atoms with E-state index in [4.69, 9.17) is 4.74 Å². The second-order valence-corrected chi connectivity index (χ2v) is 6.18. The van der Waals surface area contributed by atoms with Gasteiger partial charge in [-0.1, -0.05) is 11.3 Å². The molecule has 1 saturated heterocycles. The van der Waals surface area contributed by atoms with Gasteiger partial charge in [0.2, 0.25) is 0 Å². The Hall–Kier alpha value is -0.690. The van der Waals surface area contributed by atoms with Crippen molar-refractivity contribution in [1.82, 2.24) is 9.88 Å². The zero-order valence-corrected chi connectivity index (χ0v) is 12.7. The van der Waals surface area contributed by atoms with Crippen molar-refractivity contribution in [3.8, 4) is 0 Å². The van der Waals surface area contributed by atoms with Gasteiger partial charge in [0.05, 0.1) is 23.8 Å². The van der Waals surface area contributed by atoms with Crippen molar-refractivity contribution >= 4 is 16.5 Å². The van der Waals surface area contributed by atoms with Crippen LogP contribution in [0.25, 0.3) is 0 Å². The Kier molecular flexibility index (Phi) is 5.15. The predicted octanol–water partition coefficient (Wildman–Crippen LogP) is 1.31. The molecule has 19 heavy (non-hydrogen) atoms. The third kappa shape index (κ3) is 3.45. The Morgan fingerprint density at radius 1 is 1.58 bits per heavy atom. The number of hydrogen-bond acceptors (Lipinski definition) is 6. The van der Waals surface area contributed by atoms with Crippen LogP contribution in [0.1, 0.15) is 23.4 Å². The van der Waals surface area contributed by atoms with Crippen LogP contribution in [0.2, 0.25) is 0 Å². The Morgan fingerprint density at radius 3 is 2.95 bits per heavy atom. The van der Waals surface area contributed by atoms with Crippen LogP contribution in [0.15, 0.2) is 0 Å². The van der Waals surface area contributed by atoms with Crippen molar-refractivity contribution in [3.63, 3.8) is 0 Å². The molecule has 1 aliphatic heterocycles. The van der Waals surface area contributed by atoms with E-state index in [1.165, 1.54) is 19.4 Å². The molecule has 1 aliphatic rings. The highest BCUT2D eigenvalue weighted by Crippen LogP contribution is 2.27. The van der Waals surface area contributed by atoms with E-state index in [9.17, 15) is 5.11 Å². The summed E-state index contributed by atoms with van der Waals surface area (Å²) in [4.78, 5) is 10.1. The van der Waals surface area contributed by atoms with Crippen LogP contribution in [-0.4, -0.2) is 55.3 Å². The van der Waals surface area contributed by atoms with E-state index in [0.29, 0.717) is 12.6 Å². The molecule has 0 bridgehead atoms. The van der Waals surface area contributed by atoms with Gasteiger partial charge < -0.3 is 19.6 Å². The van der Waals surface area contributed by atoms with Gasteiger partial charge in [-0.2, -0.15) is 0 Å². The fourth-order valence-corrected chi connectivity index (χ4v) is 3.40. The van der Waals surface area contributed by atoms with Crippen LogP contribution in [0.5, 0.6) is 0 Å². The molecule has 1 unspecified atom stereocenters. The number of anilines is 1. The van der Waals surface area contributed by atoms with Crippen LogP contribution in [0, 0.1) is 0 Å². The summed E-state index contributed by atoms with van der Waals surface area (Å²) in [5.74, 6) is 0. The molecule has 6 heteroatoms.